The van der Waals surface area contributed by atoms with Gasteiger partial charge in [-0.3, -0.25) is 19.4 Å². The Hall–Kier alpha value is -4.08. The van der Waals surface area contributed by atoms with Gasteiger partial charge < -0.3 is 8.75 Å². The van der Waals surface area contributed by atoms with E-state index in [-0.39, 0.29) is 35.9 Å². The normalized spacial score (nSPS) is 16.0. The number of amides is 2. The first kappa shape index (κ1) is 29.4. The number of hydrogen-bond donors (Lipinski definition) is 0. The summed E-state index contributed by atoms with van der Waals surface area (Å²) >= 11 is 0. The maximum absolute atomic E-state index is 14.2. The summed E-state index contributed by atoms with van der Waals surface area (Å²) in [4.78, 5) is 34.4. The van der Waals surface area contributed by atoms with Crippen LogP contribution in [0.1, 0.15) is 57.8 Å². The number of piperazine rings is 1. The number of benzene rings is 2. The molecule has 2 amide bonds. The van der Waals surface area contributed by atoms with Crippen molar-refractivity contribution in [3.63, 3.8) is 0 Å². The Morgan fingerprint density at radius 3 is 2.62 bits per heavy atom. The molecule has 0 bridgehead atoms. The van der Waals surface area contributed by atoms with Crippen molar-refractivity contribution in [3.8, 4) is 11.8 Å². The van der Waals surface area contributed by atoms with E-state index in [9.17, 15) is 22.4 Å². The number of nitrogens with zero attached hydrogens (tertiary/aromatic N) is 5. The lowest BCUT2D eigenvalue weighted by molar-refractivity contribution is -0.133. The molecule has 0 spiro atoms. The number of hydrogen-bond acceptors (Lipinski definition) is 8. The second-order valence-corrected chi connectivity index (χ2v) is 12.5. The van der Waals surface area contributed by atoms with E-state index in [1.54, 1.807) is 18.3 Å². The number of imide groups is 1. The molecule has 220 valence electrons. The third-order valence-corrected chi connectivity index (χ3v) is 8.14. The van der Waals surface area contributed by atoms with Gasteiger partial charge in [-0.05, 0) is 61.1 Å². The van der Waals surface area contributed by atoms with Crippen molar-refractivity contribution in [2.24, 2.45) is 5.92 Å². The molecule has 0 radical (unpaired) electrons. The van der Waals surface area contributed by atoms with E-state index in [2.05, 4.69) is 4.98 Å². The highest BCUT2D eigenvalue weighted by Gasteiger charge is 2.32. The number of carbonyl (C=O) groups is 2. The van der Waals surface area contributed by atoms with E-state index in [0.717, 1.165) is 29.8 Å². The Kier molecular flexibility index (Phi) is 8.43. The van der Waals surface area contributed by atoms with Crippen LogP contribution in [0.2, 0.25) is 0 Å². The van der Waals surface area contributed by atoms with E-state index in [0.29, 0.717) is 37.5 Å². The van der Waals surface area contributed by atoms with Crippen molar-refractivity contribution in [1.82, 2.24) is 19.4 Å². The molecule has 0 unspecified atom stereocenters. The standard InChI is InChI=1S/C30H32FN5O5S/c1-20-33-16-25(36(20)17-22-6-8-24(15-32)28(31)13-22)18-34-11-12-35(29(37)19-34)30(38)27-14-26(41-42(2,39)40)10-9-23(27)7-5-21-3-4-21/h6,8-10,13-14,16,21H,3-5,7,11-12,17-19H2,1-2H3. The highest BCUT2D eigenvalue weighted by Crippen LogP contribution is 2.34. The van der Waals surface area contributed by atoms with Crippen molar-refractivity contribution < 1.29 is 26.6 Å². The second-order valence-electron chi connectivity index (χ2n) is 11.0. The van der Waals surface area contributed by atoms with Gasteiger partial charge in [0.15, 0.2) is 0 Å². The smallest absolute Gasteiger partial charge is 0.306 e. The summed E-state index contributed by atoms with van der Waals surface area (Å²) in [7, 11) is -3.79. The maximum atomic E-state index is 14.2. The molecule has 42 heavy (non-hydrogen) atoms. The molecule has 0 atom stereocenters. The number of imidazole rings is 1. The Balaban J connectivity index is 1.28. The van der Waals surface area contributed by atoms with Gasteiger partial charge >= 0.3 is 10.1 Å². The van der Waals surface area contributed by atoms with Gasteiger partial charge in [0, 0.05) is 37.9 Å². The topological polar surface area (TPSA) is 126 Å². The monoisotopic (exact) mass is 593 g/mol. The molecule has 2 fully saturated rings. The number of nitriles is 1. The molecule has 1 aliphatic heterocycles. The Morgan fingerprint density at radius 2 is 1.95 bits per heavy atom. The van der Waals surface area contributed by atoms with Crippen LogP contribution in [0, 0.1) is 30.0 Å². The van der Waals surface area contributed by atoms with Crippen LogP contribution in [-0.4, -0.2) is 65.5 Å². The Labute approximate surface area is 244 Å². The molecule has 3 aromatic rings. The summed E-state index contributed by atoms with van der Waals surface area (Å²) < 4.78 is 44.5. The molecule has 5 rings (SSSR count). The van der Waals surface area contributed by atoms with Crippen LogP contribution in [0.3, 0.4) is 0 Å². The van der Waals surface area contributed by atoms with E-state index in [1.165, 1.54) is 42.0 Å². The molecule has 12 heteroatoms. The van der Waals surface area contributed by atoms with Crippen LogP contribution in [-0.2, 0) is 34.4 Å². The summed E-state index contributed by atoms with van der Waals surface area (Å²) in [5.74, 6) is -0.000444. The quantitative estimate of drug-likeness (QED) is 0.259. The third kappa shape index (κ3) is 7.03. The van der Waals surface area contributed by atoms with Gasteiger partial charge in [0.05, 0.1) is 24.1 Å². The molecule has 1 aliphatic carbocycles. The second kappa shape index (κ2) is 12.0. The van der Waals surface area contributed by atoms with Crippen molar-refractivity contribution in [2.45, 2.75) is 45.7 Å². The first-order valence-corrected chi connectivity index (χ1v) is 15.6. The average Bonchev–Trinajstić information content (AvgIpc) is 3.71. The number of halogens is 1. The number of rotatable bonds is 10. The SMILES string of the molecule is Cc1ncc(CN2CCN(C(=O)c3cc(OS(C)(=O)=O)ccc3CCC3CC3)C(=O)C2)n1Cc1ccc(C#N)c(F)c1. The van der Waals surface area contributed by atoms with E-state index in [4.69, 9.17) is 9.44 Å². The van der Waals surface area contributed by atoms with Crippen LogP contribution in [0.25, 0.3) is 0 Å². The minimum absolute atomic E-state index is 0.0123. The van der Waals surface area contributed by atoms with Gasteiger partial charge in [-0.2, -0.15) is 13.7 Å². The van der Waals surface area contributed by atoms with Crippen LogP contribution < -0.4 is 4.18 Å². The van der Waals surface area contributed by atoms with Crippen molar-refractivity contribution in [3.05, 3.63) is 82.2 Å². The fourth-order valence-electron chi connectivity index (χ4n) is 5.20. The zero-order valence-corrected chi connectivity index (χ0v) is 24.4. The zero-order chi connectivity index (χ0) is 30.0. The fourth-order valence-corrected chi connectivity index (χ4v) is 5.65. The lowest BCUT2D eigenvalue weighted by atomic mass is 9.99. The van der Waals surface area contributed by atoms with Gasteiger partial charge in [-0.25, -0.2) is 9.37 Å². The van der Waals surface area contributed by atoms with Gasteiger partial charge in [-0.1, -0.05) is 25.0 Å². The van der Waals surface area contributed by atoms with Gasteiger partial charge in [0.2, 0.25) is 5.91 Å². The number of aromatic nitrogens is 2. The van der Waals surface area contributed by atoms with Crippen LogP contribution >= 0.6 is 0 Å². The minimum atomic E-state index is -3.79. The van der Waals surface area contributed by atoms with Crippen LogP contribution in [0.15, 0.2) is 42.6 Å². The summed E-state index contributed by atoms with van der Waals surface area (Å²) in [6.45, 7) is 3.21. The molecule has 1 aromatic heterocycles. The molecule has 1 saturated carbocycles. The summed E-state index contributed by atoms with van der Waals surface area (Å²) in [5.41, 5.74) is 2.54. The summed E-state index contributed by atoms with van der Waals surface area (Å²) in [6.07, 6.45) is 6.58. The lowest BCUT2D eigenvalue weighted by Crippen LogP contribution is -2.52. The van der Waals surface area contributed by atoms with Gasteiger partial charge in [0.1, 0.15) is 23.5 Å². The predicted octanol–water partition coefficient (Wildman–Crippen LogP) is 3.42. The largest absolute Gasteiger partial charge is 0.383 e. The molecule has 10 nitrogen and oxygen atoms in total. The number of carbonyl (C=O) groups excluding carboxylic acids is 2. The minimum Gasteiger partial charge on any atom is -0.383 e. The number of aryl methyl sites for hydroxylation is 2. The zero-order valence-electron chi connectivity index (χ0n) is 23.5. The van der Waals surface area contributed by atoms with Crippen LogP contribution in [0.4, 0.5) is 4.39 Å². The molecule has 2 heterocycles. The molecular weight excluding hydrogens is 561 g/mol. The third-order valence-electron chi connectivity index (χ3n) is 7.64. The first-order valence-electron chi connectivity index (χ1n) is 13.8. The van der Waals surface area contributed by atoms with Crippen molar-refractivity contribution in [1.29, 1.82) is 5.26 Å². The highest BCUT2D eigenvalue weighted by atomic mass is 32.2. The Morgan fingerprint density at radius 1 is 1.17 bits per heavy atom. The highest BCUT2D eigenvalue weighted by molar-refractivity contribution is 7.86. The molecule has 0 N–H and O–H groups in total. The predicted molar refractivity (Wildman–Crippen MR) is 151 cm³/mol. The first-order chi connectivity index (χ1) is 20.0. The molecule has 2 aliphatic rings. The van der Waals surface area contributed by atoms with E-state index in [1.807, 2.05) is 22.5 Å². The van der Waals surface area contributed by atoms with Crippen LogP contribution in [0.5, 0.6) is 5.75 Å². The summed E-state index contributed by atoms with van der Waals surface area (Å²) in [6, 6.07) is 11.0. The maximum Gasteiger partial charge on any atom is 0.306 e. The van der Waals surface area contributed by atoms with E-state index >= 15 is 0 Å². The van der Waals surface area contributed by atoms with Crippen molar-refractivity contribution in [2.75, 3.05) is 25.9 Å². The Bertz CT molecular complexity index is 1680. The average molecular weight is 594 g/mol. The molecular formula is C30H32FN5O5S. The van der Waals surface area contributed by atoms with Gasteiger partial charge in [0.25, 0.3) is 5.91 Å². The summed E-state index contributed by atoms with van der Waals surface area (Å²) in [5, 5.41) is 9.00. The molecule has 1 saturated heterocycles. The van der Waals surface area contributed by atoms with Gasteiger partial charge in [-0.15, -0.1) is 0 Å². The van der Waals surface area contributed by atoms with E-state index < -0.39 is 21.8 Å². The van der Waals surface area contributed by atoms with Crippen molar-refractivity contribution >= 4 is 21.9 Å². The molecule has 2 aromatic carbocycles. The fraction of sp³-hybridized carbons (Fsp3) is 0.400. The lowest BCUT2D eigenvalue weighted by Gasteiger charge is -2.33.